The molecule has 1 aliphatic rings. The predicted octanol–water partition coefficient (Wildman–Crippen LogP) is 1.70. The van der Waals surface area contributed by atoms with E-state index in [0.29, 0.717) is 0 Å². The van der Waals surface area contributed by atoms with Gasteiger partial charge < -0.3 is 15.5 Å². The van der Waals surface area contributed by atoms with Crippen molar-refractivity contribution in [2.24, 2.45) is 5.73 Å². The molecule has 0 spiro atoms. The van der Waals surface area contributed by atoms with Crippen molar-refractivity contribution in [2.45, 2.75) is 39.0 Å². The van der Waals surface area contributed by atoms with Crippen molar-refractivity contribution in [1.82, 2.24) is 14.3 Å². The number of anilines is 1. The van der Waals surface area contributed by atoms with Gasteiger partial charge >= 0.3 is 0 Å². The Balaban J connectivity index is 1.95. The molecule has 0 unspecified atom stereocenters. The molecule has 1 fully saturated rings. The minimum absolute atomic E-state index is 0.0355. The first-order chi connectivity index (χ1) is 9.50. The summed E-state index contributed by atoms with van der Waals surface area (Å²) in [5.74, 6) is 0.960. The fourth-order valence-electron chi connectivity index (χ4n) is 2.35. The fraction of sp³-hybridized carbons (Fsp3) is 0.857. The molecule has 1 aromatic heterocycles. The standard InChI is InChI=1S/C14H27N5S/c1-14(2,3)12-16-13(20-17-12)19-9-5-8-18(10-11-19)7-4-6-15/h4-11,15H2,1-3H3. The van der Waals surface area contributed by atoms with Crippen molar-refractivity contribution in [2.75, 3.05) is 44.2 Å². The third-order valence-corrected chi connectivity index (χ3v) is 4.40. The summed E-state index contributed by atoms with van der Waals surface area (Å²) >= 11 is 1.54. The fourth-order valence-corrected chi connectivity index (χ4v) is 3.26. The van der Waals surface area contributed by atoms with Crippen LogP contribution in [0.2, 0.25) is 0 Å². The Kier molecular flexibility index (Phi) is 5.35. The first-order valence-corrected chi connectivity index (χ1v) is 8.29. The van der Waals surface area contributed by atoms with Crippen molar-refractivity contribution in [3.63, 3.8) is 0 Å². The van der Waals surface area contributed by atoms with Gasteiger partial charge in [0.1, 0.15) is 5.82 Å². The van der Waals surface area contributed by atoms with Gasteiger partial charge in [-0.3, -0.25) is 0 Å². The van der Waals surface area contributed by atoms with Gasteiger partial charge in [0.2, 0.25) is 5.13 Å². The van der Waals surface area contributed by atoms with E-state index in [9.17, 15) is 0 Å². The molecule has 2 N–H and O–H groups in total. The zero-order valence-electron chi connectivity index (χ0n) is 12.9. The highest BCUT2D eigenvalue weighted by molar-refractivity contribution is 7.09. The van der Waals surface area contributed by atoms with E-state index in [1.807, 2.05) is 0 Å². The maximum atomic E-state index is 5.59. The Morgan fingerprint density at radius 3 is 2.65 bits per heavy atom. The molecule has 0 aliphatic carbocycles. The number of nitrogens with zero attached hydrogens (tertiary/aromatic N) is 4. The molecule has 2 rings (SSSR count). The van der Waals surface area contributed by atoms with Crippen molar-refractivity contribution in [3.05, 3.63) is 5.82 Å². The second-order valence-corrected chi connectivity index (χ2v) is 7.21. The van der Waals surface area contributed by atoms with Crippen LogP contribution in [0.3, 0.4) is 0 Å². The van der Waals surface area contributed by atoms with E-state index in [4.69, 9.17) is 10.7 Å². The number of nitrogens with two attached hydrogens (primary N) is 1. The van der Waals surface area contributed by atoms with Crippen molar-refractivity contribution in [1.29, 1.82) is 0 Å². The van der Waals surface area contributed by atoms with E-state index in [0.717, 1.165) is 50.1 Å². The summed E-state index contributed by atoms with van der Waals surface area (Å²) in [7, 11) is 0. The summed E-state index contributed by atoms with van der Waals surface area (Å²) in [5, 5.41) is 1.08. The number of hydrogen-bond donors (Lipinski definition) is 1. The van der Waals surface area contributed by atoms with E-state index in [1.54, 1.807) is 0 Å². The van der Waals surface area contributed by atoms with Gasteiger partial charge in [0, 0.05) is 36.6 Å². The van der Waals surface area contributed by atoms with Crippen LogP contribution in [-0.2, 0) is 5.41 Å². The highest BCUT2D eigenvalue weighted by Crippen LogP contribution is 2.25. The normalized spacial score (nSPS) is 18.3. The number of aromatic nitrogens is 2. The summed E-state index contributed by atoms with van der Waals surface area (Å²) in [6.45, 7) is 12.8. The van der Waals surface area contributed by atoms with Gasteiger partial charge in [0.15, 0.2) is 0 Å². The van der Waals surface area contributed by atoms with Crippen molar-refractivity contribution >= 4 is 16.7 Å². The second-order valence-electron chi connectivity index (χ2n) is 6.48. The van der Waals surface area contributed by atoms with Gasteiger partial charge in [-0.15, -0.1) is 0 Å². The molecule has 1 aromatic rings. The molecular weight excluding hydrogens is 270 g/mol. The zero-order chi connectivity index (χ0) is 14.6. The SMILES string of the molecule is CC(C)(C)c1nsc(N2CCCN(CCCN)CC2)n1. The van der Waals surface area contributed by atoms with E-state index in [2.05, 4.69) is 34.9 Å². The molecule has 0 atom stereocenters. The predicted molar refractivity (Wildman–Crippen MR) is 85.6 cm³/mol. The first kappa shape index (κ1) is 15.7. The smallest absolute Gasteiger partial charge is 0.205 e. The van der Waals surface area contributed by atoms with Crippen LogP contribution in [0.25, 0.3) is 0 Å². The molecule has 5 nitrogen and oxygen atoms in total. The Morgan fingerprint density at radius 1 is 1.20 bits per heavy atom. The quantitative estimate of drug-likeness (QED) is 0.916. The lowest BCUT2D eigenvalue weighted by Crippen LogP contribution is -2.32. The molecule has 0 aromatic carbocycles. The molecular formula is C14H27N5S. The molecule has 0 bridgehead atoms. The Morgan fingerprint density at radius 2 is 2.00 bits per heavy atom. The van der Waals surface area contributed by atoms with Gasteiger partial charge in [-0.2, -0.15) is 4.37 Å². The lowest BCUT2D eigenvalue weighted by atomic mass is 9.96. The molecule has 1 saturated heterocycles. The Labute approximate surface area is 126 Å². The van der Waals surface area contributed by atoms with Gasteiger partial charge in [-0.1, -0.05) is 20.8 Å². The van der Waals surface area contributed by atoms with E-state index in [1.165, 1.54) is 24.5 Å². The van der Waals surface area contributed by atoms with Gasteiger partial charge in [0.25, 0.3) is 0 Å². The maximum Gasteiger partial charge on any atom is 0.205 e. The van der Waals surface area contributed by atoms with Crippen LogP contribution < -0.4 is 10.6 Å². The number of hydrogen-bond acceptors (Lipinski definition) is 6. The lowest BCUT2D eigenvalue weighted by molar-refractivity contribution is 0.291. The highest BCUT2D eigenvalue weighted by atomic mass is 32.1. The maximum absolute atomic E-state index is 5.59. The molecule has 6 heteroatoms. The van der Waals surface area contributed by atoms with E-state index in [-0.39, 0.29) is 5.41 Å². The third kappa shape index (κ3) is 4.14. The Bertz CT molecular complexity index is 412. The second kappa shape index (κ2) is 6.83. The number of rotatable bonds is 4. The first-order valence-electron chi connectivity index (χ1n) is 7.52. The highest BCUT2D eigenvalue weighted by Gasteiger charge is 2.23. The molecule has 0 radical (unpaired) electrons. The molecule has 0 saturated carbocycles. The van der Waals surface area contributed by atoms with Gasteiger partial charge in [0.05, 0.1) is 0 Å². The van der Waals surface area contributed by atoms with Gasteiger partial charge in [-0.05, 0) is 32.5 Å². The van der Waals surface area contributed by atoms with Crippen LogP contribution in [0.15, 0.2) is 0 Å². The van der Waals surface area contributed by atoms with Crippen LogP contribution in [0.4, 0.5) is 5.13 Å². The largest absolute Gasteiger partial charge is 0.346 e. The van der Waals surface area contributed by atoms with Crippen LogP contribution >= 0.6 is 11.5 Å². The van der Waals surface area contributed by atoms with Crippen LogP contribution in [0, 0.1) is 0 Å². The summed E-state index contributed by atoms with van der Waals surface area (Å²) in [5.41, 5.74) is 5.63. The molecule has 0 amide bonds. The van der Waals surface area contributed by atoms with Crippen LogP contribution in [-0.4, -0.2) is 53.5 Å². The van der Waals surface area contributed by atoms with Gasteiger partial charge in [-0.25, -0.2) is 4.98 Å². The lowest BCUT2D eigenvalue weighted by Gasteiger charge is -2.21. The zero-order valence-corrected chi connectivity index (χ0v) is 13.7. The monoisotopic (exact) mass is 297 g/mol. The molecule has 2 heterocycles. The summed E-state index contributed by atoms with van der Waals surface area (Å²) in [6.07, 6.45) is 2.28. The summed E-state index contributed by atoms with van der Waals surface area (Å²) in [4.78, 5) is 9.63. The Hall–Kier alpha value is -0.720. The minimum atomic E-state index is 0.0355. The summed E-state index contributed by atoms with van der Waals surface area (Å²) in [6, 6.07) is 0. The van der Waals surface area contributed by atoms with Crippen LogP contribution in [0.5, 0.6) is 0 Å². The van der Waals surface area contributed by atoms with E-state index >= 15 is 0 Å². The average molecular weight is 297 g/mol. The topological polar surface area (TPSA) is 58.3 Å². The average Bonchev–Trinajstić information content (AvgIpc) is 2.77. The van der Waals surface area contributed by atoms with Crippen molar-refractivity contribution in [3.8, 4) is 0 Å². The van der Waals surface area contributed by atoms with Crippen molar-refractivity contribution < 1.29 is 0 Å². The molecule has 1 aliphatic heterocycles. The summed E-state index contributed by atoms with van der Waals surface area (Å²) < 4.78 is 4.52. The van der Waals surface area contributed by atoms with Crippen LogP contribution in [0.1, 0.15) is 39.4 Å². The third-order valence-electron chi connectivity index (χ3n) is 3.62. The minimum Gasteiger partial charge on any atom is -0.346 e. The molecule has 114 valence electrons. The van der Waals surface area contributed by atoms with E-state index < -0.39 is 0 Å². The molecule has 20 heavy (non-hydrogen) atoms.